The van der Waals surface area contributed by atoms with E-state index in [0.29, 0.717) is 11.6 Å². The number of hydrogen-bond donors (Lipinski definition) is 2. The summed E-state index contributed by atoms with van der Waals surface area (Å²) in [5.41, 5.74) is 7.05. The van der Waals surface area contributed by atoms with Crippen LogP contribution >= 0.6 is 0 Å². The summed E-state index contributed by atoms with van der Waals surface area (Å²) in [6, 6.07) is 5.19. The second-order valence-corrected chi connectivity index (χ2v) is 5.57. The molecule has 1 aromatic rings. The van der Waals surface area contributed by atoms with Crippen molar-refractivity contribution in [3.8, 4) is 0 Å². The molecule has 1 aliphatic carbocycles. The monoisotopic (exact) mass is 277 g/mol. The van der Waals surface area contributed by atoms with E-state index in [2.05, 4.69) is 11.8 Å². The van der Waals surface area contributed by atoms with Crippen LogP contribution in [0, 0.1) is 11.2 Å². The van der Waals surface area contributed by atoms with Crippen LogP contribution in [0.5, 0.6) is 0 Å². The third-order valence-corrected chi connectivity index (χ3v) is 4.23. The van der Waals surface area contributed by atoms with E-state index in [9.17, 15) is 4.39 Å². The van der Waals surface area contributed by atoms with Crippen molar-refractivity contribution in [2.75, 3.05) is 6.54 Å². The second-order valence-electron chi connectivity index (χ2n) is 5.57. The van der Waals surface area contributed by atoms with Crippen molar-refractivity contribution in [3.63, 3.8) is 0 Å². The summed E-state index contributed by atoms with van der Waals surface area (Å²) in [5.74, 6) is -0.390. The van der Waals surface area contributed by atoms with Gasteiger partial charge in [0.05, 0.1) is 0 Å². The van der Waals surface area contributed by atoms with Gasteiger partial charge < -0.3 is 5.73 Å². The van der Waals surface area contributed by atoms with Crippen molar-refractivity contribution in [2.24, 2.45) is 5.73 Å². The van der Waals surface area contributed by atoms with Crippen LogP contribution in [0.2, 0.25) is 0 Å². The average molecular weight is 277 g/mol. The maximum atomic E-state index is 13.3. The van der Waals surface area contributed by atoms with Crippen LogP contribution in [0.25, 0.3) is 0 Å². The maximum Gasteiger partial charge on any atom is 0.123 e. The molecule has 110 valence electrons. The minimum Gasteiger partial charge on any atom is -0.384 e. The third kappa shape index (κ3) is 3.57. The van der Waals surface area contributed by atoms with Gasteiger partial charge in [-0.25, -0.2) is 4.39 Å². The fraction of sp³-hybridized carbons (Fsp3) is 0.562. The van der Waals surface area contributed by atoms with E-state index in [1.165, 1.54) is 44.2 Å². The normalized spacial score (nSPS) is 16.6. The summed E-state index contributed by atoms with van der Waals surface area (Å²) >= 11 is 0. The standard InChI is InChI=1S/C16H24FN3/c1-2-20(14-6-4-3-5-7-14)11-12-8-9-13(17)10-15(12)16(18)19/h8-10,14H,2-7,11H2,1H3,(H3,18,19). The Bertz CT molecular complexity index is 467. The highest BCUT2D eigenvalue weighted by Gasteiger charge is 2.21. The van der Waals surface area contributed by atoms with Gasteiger partial charge >= 0.3 is 0 Å². The molecular formula is C16H24FN3. The first-order chi connectivity index (χ1) is 9.61. The molecule has 3 N–H and O–H groups in total. The number of benzene rings is 1. The van der Waals surface area contributed by atoms with E-state index in [1.807, 2.05) is 0 Å². The Morgan fingerprint density at radius 1 is 1.35 bits per heavy atom. The highest BCUT2D eigenvalue weighted by molar-refractivity contribution is 5.96. The summed E-state index contributed by atoms with van der Waals surface area (Å²) in [6.45, 7) is 3.88. The molecule has 1 fully saturated rings. The number of rotatable bonds is 5. The predicted octanol–water partition coefficient (Wildman–Crippen LogP) is 3.26. The molecule has 1 aliphatic rings. The fourth-order valence-corrected chi connectivity index (χ4v) is 3.10. The third-order valence-electron chi connectivity index (χ3n) is 4.23. The molecule has 0 heterocycles. The van der Waals surface area contributed by atoms with Crippen molar-refractivity contribution in [1.82, 2.24) is 4.90 Å². The Labute approximate surface area is 120 Å². The molecule has 0 spiro atoms. The van der Waals surface area contributed by atoms with Crippen molar-refractivity contribution < 1.29 is 4.39 Å². The molecule has 1 saturated carbocycles. The Morgan fingerprint density at radius 3 is 2.65 bits per heavy atom. The lowest BCUT2D eigenvalue weighted by Gasteiger charge is -2.34. The molecular weight excluding hydrogens is 253 g/mol. The summed E-state index contributed by atoms with van der Waals surface area (Å²) in [6.07, 6.45) is 6.41. The van der Waals surface area contributed by atoms with Crippen LogP contribution in [-0.2, 0) is 6.54 Å². The molecule has 4 heteroatoms. The number of nitrogen functional groups attached to an aromatic ring is 1. The Hall–Kier alpha value is -1.42. The first-order valence-electron chi connectivity index (χ1n) is 7.48. The van der Waals surface area contributed by atoms with Gasteiger partial charge in [-0.3, -0.25) is 10.3 Å². The molecule has 3 nitrogen and oxygen atoms in total. The lowest BCUT2D eigenvalue weighted by Crippen LogP contribution is -2.36. The highest BCUT2D eigenvalue weighted by Crippen LogP contribution is 2.24. The Morgan fingerprint density at radius 2 is 2.05 bits per heavy atom. The van der Waals surface area contributed by atoms with Gasteiger partial charge in [-0.05, 0) is 37.1 Å². The molecule has 0 atom stereocenters. The van der Waals surface area contributed by atoms with Gasteiger partial charge in [-0.2, -0.15) is 0 Å². The molecule has 20 heavy (non-hydrogen) atoms. The number of halogens is 1. The first-order valence-corrected chi connectivity index (χ1v) is 7.48. The van der Waals surface area contributed by atoms with Crippen LogP contribution in [0.15, 0.2) is 18.2 Å². The van der Waals surface area contributed by atoms with Crippen molar-refractivity contribution in [2.45, 2.75) is 51.6 Å². The van der Waals surface area contributed by atoms with Crippen molar-refractivity contribution >= 4 is 5.84 Å². The number of nitrogens with zero attached hydrogens (tertiary/aromatic N) is 1. The van der Waals surface area contributed by atoms with Crippen molar-refractivity contribution in [3.05, 3.63) is 35.1 Å². The van der Waals surface area contributed by atoms with Crippen LogP contribution in [0.1, 0.15) is 50.2 Å². The van der Waals surface area contributed by atoms with E-state index < -0.39 is 0 Å². The minimum atomic E-state index is -0.334. The number of nitrogens with one attached hydrogen (secondary N) is 1. The summed E-state index contributed by atoms with van der Waals surface area (Å²) in [7, 11) is 0. The van der Waals surface area contributed by atoms with Gasteiger partial charge in [0.1, 0.15) is 11.7 Å². The van der Waals surface area contributed by atoms with Crippen LogP contribution in [0.4, 0.5) is 4.39 Å². The van der Waals surface area contributed by atoms with Gasteiger partial charge in [0.2, 0.25) is 0 Å². The lowest BCUT2D eigenvalue weighted by atomic mass is 9.93. The zero-order chi connectivity index (χ0) is 14.5. The van der Waals surface area contributed by atoms with E-state index in [1.54, 1.807) is 6.07 Å². The van der Waals surface area contributed by atoms with Crippen LogP contribution < -0.4 is 5.73 Å². The Kier molecular flexibility index (Phi) is 5.12. The van der Waals surface area contributed by atoms with E-state index >= 15 is 0 Å². The van der Waals surface area contributed by atoms with E-state index in [0.717, 1.165) is 18.7 Å². The number of hydrogen-bond acceptors (Lipinski definition) is 2. The Balaban J connectivity index is 2.16. The van der Waals surface area contributed by atoms with Crippen molar-refractivity contribution in [1.29, 1.82) is 5.41 Å². The van der Waals surface area contributed by atoms with Crippen LogP contribution in [0.3, 0.4) is 0 Å². The SMILES string of the molecule is CCN(Cc1ccc(F)cc1C(=N)N)C1CCCCC1. The quantitative estimate of drug-likeness (QED) is 0.641. The molecule has 0 bridgehead atoms. The van der Waals surface area contributed by atoms with Gasteiger partial charge in [0, 0.05) is 18.2 Å². The number of amidine groups is 1. The van der Waals surface area contributed by atoms with E-state index in [-0.39, 0.29) is 11.7 Å². The molecule has 0 saturated heterocycles. The lowest BCUT2D eigenvalue weighted by molar-refractivity contribution is 0.156. The molecule has 1 aromatic carbocycles. The molecule has 0 amide bonds. The predicted molar refractivity (Wildman–Crippen MR) is 80.4 cm³/mol. The average Bonchev–Trinajstić information content (AvgIpc) is 2.46. The second kappa shape index (κ2) is 6.84. The van der Waals surface area contributed by atoms with Gasteiger partial charge in [0.15, 0.2) is 0 Å². The fourth-order valence-electron chi connectivity index (χ4n) is 3.10. The molecule has 0 unspecified atom stereocenters. The first kappa shape index (κ1) is 15.0. The molecule has 0 radical (unpaired) electrons. The maximum absolute atomic E-state index is 13.3. The van der Waals surface area contributed by atoms with Gasteiger partial charge in [-0.15, -0.1) is 0 Å². The highest BCUT2D eigenvalue weighted by atomic mass is 19.1. The topological polar surface area (TPSA) is 53.1 Å². The van der Waals surface area contributed by atoms with Gasteiger partial charge in [0.25, 0.3) is 0 Å². The zero-order valence-electron chi connectivity index (χ0n) is 12.2. The number of nitrogens with two attached hydrogens (primary N) is 1. The largest absolute Gasteiger partial charge is 0.384 e. The summed E-state index contributed by atoms with van der Waals surface area (Å²) < 4.78 is 13.3. The molecule has 2 rings (SSSR count). The summed E-state index contributed by atoms with van der Waals surface area (Å²) in [4.78, 5) is 2.43. The van der Waals surface area contributed by atoms with E-state index in [4.69, 9.17) is 11.1 Å². The minimum absolute atomic E-state index is 0.0563. The molecule has 0 aromatic heterocycles. The smallest absolute Gasteiger partial charge is 0.123 e. The molecule has 0 aliphatic heterocycles. The van der Waals surface area contributed by atoms with Crippen LogP contribution in [-0.4, -0.2) is 23.3 Å². The summed E-state index contributed by atoms with van der Waals surface area (Å²) in [5, 5.41) is 7.61. The zero-order valence-corrected chi connectivity index (χ0v) is 12.2. The van der Waals surface area contributed by atoms with Gasteiger partial charge in [-0.1, -0.05) is 32.3 Å².